The molecule has 6 heteroatoms. The van der Waals surface area contributed by atoms with E-state index in [2.05, 4.69) is 146 Å². The Morgan fingerprint density at radius 1 is 0.618 bits per heavy atom. The third-order valence-corrected chi connectivity index (χ3v) is 12.6. The zero-order valence-electron chi connectivity index (χ0n) is 31.2. The van der Waals surface area contributed by atoms with E-state index < -0.39 is 5.97 Å². The van der Waals surface area contributed by atoms with E-state index in [4.69, 9.17) is 9.47 Å². The van der Waals surface area contributed by atoms with Crippen molar-refractivity contribution in [3.05, 3.63) is 166 Å². The molecule has 11 rings (SSSR count). The lowest BCUT2D eigenvalue weighted by Crippen LogP contribution is -2.26. The Balaban J connectivity index is 1.09. The lowest BCUT2D eigenvalue weighted by Gasteiger charge is -2.35. The molecule has 0 atom stereocenters. The summed E-state index contributed by atoms with van der Waals surface area (Å²) in [5, 5.41) is 4.85. The Hall–Kier alpha value is -6.66. The molecule has 5 heterocycles. The van der Waals surface area contributed by atoms with E-state index in [0.29, 0.717) is 16.7 Å². The number of carbonyl (C=O) groups excluding carboxylic acids is 2. The summed E-state index contributed by atoms with van der Waals surface area (Å²) in [6.07, 6.45) is 0.772. The normalized spacial score (nSPS) is 17.1. The number of methoxy groups -OCH3 is 1. The minimum Gasteiger partial charge on any atom is -0.492 e. The van der Waals surface area contributed by atoms with Crippen molar-refractivity contribution in [1.82, 2.24) is 9.13 Å². The van der Waals surface area contributed by atoms with Crippen LogP contribution in [0.3, 0.4) is 0 Å². The number of hydrogen-bond acceptors (Lipinski definition) is 4. The smallest absolute Gasteiger partial charge is 0.348 e. The number of carbonyl (C=O) groups is 2. The predicted molar refractivity (Wildman–Crippen MR) is 219 cm³/mol. The number of aldehydes is 1. The molecule has 0 bridgehead atoms. The number of cyclic esters (lactones) is 1. The number of allylic oxidation sites excluding steroid dienone is 1. The molecular weight excluding hydrogens is 681 g/mol. The van der Waals surface area contributed by atoms with Gasteiger partial charge in [-0.25, -0.2) is 4.79 Å². The topological polar surface area (TPSA) is 62.5 Å². The van der Waals surface area contributed by atoms with Gasteiger partial charge in [0.25, 0.3) is 0 Å². The maximum absolute atomic E-state index is 14.0. The van der Waals surface area contributed by atoms with Crippen LogP contribution in [-0.2, 0) is 29.9 Å². The second-order valence-corrected chi connectivity index (χ2v) is 16.0. The zero-order chi connectivity index (χ0) is 37.5. The van der Waals surface area contributed by atoms with Gasteiger partial charge >= 0.3 is 5.97 Å². The number of nitrogens with zero attached hydrogens (tertiary/aromatic N) is 2. The Bertz CT molecular complexity index is 3150. The summed E-state index contributed by atoms with van der Waals surface area (Å²) >= 11 is 0. The summed E-state index contributed by atoms with van der Waals surface area (Å²) in [6, 6.07) is 42.3. The Morgan fingerprint density at radius 2 is 1.15 bits per heavy atom. The second kappa shape index (κ2) is 10.7. The van der Waals surface area contributed by atoms with Crippen LogP contribution < -0.4 is 0 Å². The number of esters is 1. The first-order valence-electron chi connectivity index (χ1n) is 18.7. The first-order chi connectivity index (χ1) is 26.6. The summed E-state index contributed by atoms with van der Waals surface area (Å²) in [4.78, 5) is 27.1. The SMILES string of the molecule is COC1=C(c2ccc3c(c2)C(C)(C)c2cccc4c5ccccc5n-3c24)C(=O)O/C1=C(/C=O)c1ccc2c(c1)C(C)(C)c1cccc3c4ccccc4n-2c13. The quantitative estimate of drug-likeness (QED) is 0.103. The lowest BCUT2D eigenvalue weighted by atomic mass is 9.74. The Morgan fingerprint density at radius 3 is 1.71 bits per heavy atom. The fourth-order valence-electron chi connectivity index (χ4n) is 9.89. The van der Waals surface area contributed by atoms with Gasteiger partial charge in [-0.3, -0.25) is 4.79 Å². The van der Waals surface area contributed by atoms with E-state index in [1.807, 2.05) is 12.1 Å². The van der Waals surface area contributed by atoms with Crippen LogP contribution in [0.5, 0.6) is 0 Å². The van der Waals surface area contributed by atoms with Crippen LogP contribution in [0, 0.1) is 0 Å². The van der Waals surface area contributed by atoms with Crippen molar-refractivity contribution in [3.8, 4) is 11.4 Å². The highest BCUT2D eigenvalue weighted by Gasteiger charge is 2.40. The van der Waals surface area contributed by atoms with Crippen LogP contribution >= 0.6 is 0 Å². The van der Waals surface area contributed by atoms with Crippen molar-refractivity contribution < 1.29 is 19.1 Å². The number of aromatic nitrogens is 2. The number of rotatable bonds is 4. The second-order valence-electron chi connectivity index (χ2n) is 16.0. The van der Waals surface area contributed by atoms with Gasteiger partial charge in [-0.2, -0.15) is 0 Å². The summed E-state index contributed by atoms with van der Waals surface area (Å²) in [5.41, 5.74) is 12.5. The van der Waals surface area contributed by atoms with Crippen LogP contribution in [0.2, 0.25) is 0 Å². The van der Waals surface area contributed by atoms with Gasteiger partial charge in [-0.05, 0) is 69.8 Å². The van der Waals surface area contributed by atoms with Gasteiger partial charge in [0.1, 0.15) is 5.57 Å². The molecule has 0 radical (unpaired) electrons. The van der Waals surface area contributed by atoms with Gasteiger partial charge in [0, 0.05) is 32.4 Å². The molecule has 0 fully saturated rings. The van der Waals surface area contributed by atoms with Crippen molar-refractivity contribution in [2.45, 2.75) is 38.5 Å². The Kier molecular flexibility index (Phi) is 6.21. The fraction of sp³-hybridized carbons (Fsp3) is 0.143. The molecule has 266 valence electrons. The van der Waals surface area contributed by atoms with Crippen LogP contribution in [0.1, 0.15) is 61.1 Å². The first-order valence-corrected chi connectivity index (χ1v) is 18.7. The number of benzene rings is 6. The highest BCUT2D eigenvalue weighted by molar-refractivity contribution is 6.23. The van der Waals surface area contributed by atoms with Crippen molar-refractivity contribution in [2.24, 2.45) is 0 Å². The highest BCUT2D eigenvalue weighted by Crippen LogP contribution is 2.50. The van der Waals surface area contributed by atoms with Crippen molar-refractivity contribution >= 4 is 67.0 Å². The largest absolute Gasteiger partial charge is 0.492 e. The zero-order valence-corrected chi connectivity index (χ0v) is 31.2. The molecular formula is C49H36N2O4. The molecule has 0 N–H and O–H groups in total. The van der Waals surface area contributed by atoms with Gasteiger partial charge in [-0.15, -0.1) is 0 Å². The standard InChI is InChI=1S/C49H36N2O4/c1-48(2)34-16-10-14-31-29-12-6-8-18-38(29)50(43(31)34)40-22-20-27(24-36(40)48)33(26-52)45-46(54-5)42(47(53)55-45)28-21-23-41-37(25-28)49(3,4)35-17-11-15-32-30-13-7-9-19-39(30)51(41)44(32)35/h6-26H,1-5H3/b45-33-. The molecule has 8 aromatic rings. The third-order valence-electron chi connectivity index (χ3n) is 12.6. The van der Waals surface area contributed by atoms with E-state index in [9.17, 15) is 9.59 Å². The maximum atomic E-state index is 14.0. The maximum Gasteiger partial charge on any atom is 0.348 e. The van der Waals surface area contributed by atoms with Gasteiger partial charge in [0.15, 0.2) is 17.8 Å². The average molecular weight is 717 g/mol. The molecule has 2 aromatic heterocycles. The molecule has 6 nitrogen and oxygen atoms in total. The minimum absolute atomic E-state index is 0.126. The van der Waals surface area contributed by atoms with E-state index >= 15 is 0 Å². The predicted octanol–water partition coefficient (Wildman–Crippen LogP) is 10.7. The van der Waals surface area contributed by atoms with Crippen LogP contribution in [0.4, 0.5) is 0 Å². The first kappa shape index (κ1) is 31.8. The number of hydrogen-bond donors (Lipinski definition) is 0. The Labute approximate surface area is 317 Å². The van der Waals surface area contributed by atoms with Crippen LogP contribution in [0.15, 0.2) is 133 Å². The number of para-hydroxylation sites is 4. The molecule has 3 aliphatic heterocycles. The van der Waals surface area contributed by atoms with Crippen molar-refractivity contribution in [3.63, 3.8) is 0 Å². The third kappa shape index (κ3) is 3.93. The van der Waals surface area contributed by atoms with Gasteiger partial charge in [0.05, 0.1) is 46.1 Å². The van der Waals surface area contributed by atoms with Crippen molar-refractivity contribution in [2.75, 3.05) is 7.11 Å². The van der Waals surface area contributed by atoms with E-state index in [1.54, 1.807) is 0 Å². The average Bonchev–Trinajstić information content (AvgIpc) is 3.84. The lowest BCUT2D eigenvalue weighted by molar-refractivity contribution is -0.131. The van der Waals surface area contributed by atoms with E-state index in [1.165, 1.54) is 50.8 Å². The van der Waals surface area contributed by atoms with Gasteiger partial charge < -0.3 is 18.6 Å². The molecule has 0 unspecified atom stereocenters. The summed E-state index contributed by atoms with van der Waals surface area (Å²) in [6.45, 7) is 8.92. The highest BCUT2D eigenvalue weighted by atomic mass is 16.6. The van der Waals surface area contributed by atoms with Gasteiger partial charge in [0.2, 0.25) is 0 Å². The minimum atomic E-state index is -0.553. The summed E-state index contributed by atoms with van der Waals surface area (Å²) in [7, 11) is 1.52. The molecule has 55 heavy (non-hydrogen) atoms. The molecule has 0 saturated carbocycles. The number of ether oxygens (including phenoxy) is 2. The number of fused-ring (bicyclic) bond motifs is 10. The van der Waals surface area contributed by atoms with Crippen LogP contribution in [-0.4, -0.2) is 28.5 Å². The molecule has 0 saturated heterocycles. The molecule has 0 amide bonds. The molecule has 0 spiro atoms. The fourth-order valence-corrected chi connectivity index (χ4v) is 9.89. The van der Waals surface area contributed by atoms with Crippen LogP contribution in [0.25, 0.3) is 66.1 Å². The van der Waals surface area contributed by atoms with Crippen molar-refractivity contribution in [1.29, 1.82) is 0 Å². The summed E-state index contributed by atoms with van der Waals surface area (Å²) in [5.74, 6) is -0.182. The summed E-state index contributed by atoms with van der Waals surface area (Å²) < 4.78 is 16.7. The van der Waals surface area contributed by atoms with E-state index in [0.717, 1.165) is 39.8 Å². The van der Waals surface area contributed by atoms with E-state index in [-0.39, 0.29) is 27.9 Å². The molecule has 6 aromatic carbocycles. The molecule has 0 aliphatic carbocycles. The van der Waals surface area contributed by atoms with Gasteiger partial charge in [-0.1, -0.05) is 113 Å². The molecule has 3 aliphatic rings. The monoisotopic (exact) mass is 716 g/mol.